The first-order chi connectivity index (χ1) is 19.1. The molecule has 2 amide bonds. The van der Waals surface area contributed by atoms with E-state index in [1.54, 1.807) is 4.90 Å². The zero-order valence-corrected chi connectivity index (χ0v) is 23.1. The fourth-order valence-electron chi connectivity index (χ4n) is 6.61. The molecule has 2 aromatic rings. The van der Waals surface area contributed by atoms with E-state index in [4.69, 9.17) is 0 Å². The molecule has 2 aromatic carbocycles. The van der Waals surface area contributed by atoms with Gasteiger partial charge in [-0.2, -0.15) is 0 Å². The standard InChI is InChI=1S/C32H43FN4O2/c33-28-14-12-27(13-15-28)31(38)37-24-29(22-30(37)32(39)35-19-7-17-34-18-21-35)36(23-26-10-5-2-6-11-26)20-16-25-8-3-1-4-9-25/h1,3-4,8-9,12-15,26,29-30,34H,2,5-7,10-11,16-24H2. The summed E-state index contributed by atoms with van der Waals surface area (Å²) >= 11 is 0. The summed E-state index contributed by atoms with van der Waals surface area (Å²) in [6.45, 7) is 5.52. The number of likely N-dealkylation sites (tertiary alicyclic amines) is 1. The Balaban J connectivity index is 1.38. The Morgan fingerprint density at radius 3 is 2.46 bits per heavy atom. The lowest BCUT2D eigenvalue weighted by Crippen LogP contribution is -2.48. The molecule has 5 rings (SSSR count). The average Bonchev–Trinajstić information content (AvgIpc) is 3.23. The van der Waals surface area contributed by atoms with E-state index in [1.807, 2.05) is 11.0 Å². The first kappa shape index (κ1) is 27.8. The van der Waals surface area contributed by atoms with Crippen molar-refractivity contribution in [3.05, 3.63) is 71.5 Å². The highest BCUT2D eigenvalue weighted by Gasteiger charge is 2.43. The zero-order chi connectivity index (χ0) is 27.0. The fourth-order valence-corrected chi connectivity index (χ4v) is 6.61. The summed E-state index contributed by atoms with van der Waals surface area (Å²) in [5, 5.41) is 3.37. The van der Waals surface area contributed by atoms with Crippen molar-refractivity contribution in [2.45, 2.75) is 63.5 Å². The van der Waals surface area contributed by atoms with Gasteiger partial charge in [-0.15, -0.1) is 0 Å². The maximum atomic E-state index is 13.9. The van der Waals surface area contributed by atoms with Crippen LogP contribution in [0.15, 0.2) is 54.6 Å². The number of hydrogen-bond acceptors (Lipinski definition) is 4. The van der Waals surface area contributed by atoms with Crippen LogP contribution in [-0.2, 0) is 11.2 Å². The number of halogens is 1. The Kier molecular flexibility index (Phi) is 9.64. The largest absolute Gasteiger partial charge is 0.340 e. The molecule has 39 heavy (non-hydrogen) atoms. The monoisotopic (exact) mass is 534 g/mol. The summed E-state index contributed by atoms with van der Waals surface area (Å²) in [4.78, 5) is 34.0. The Bertz CT molecular complexity index is 1070. The Morgan fingerprint density at radius 1 is 0.923 bits per heavy atom. The van der Waals surface area contributed by atoms with Crippen LogP contribution in [0.1, 0.15) is 60.9 Å². The molecule has 3 aliphatic rings. The molecule has 0 aromatic heterocycles. The lowest BCUT2D eigenvalue weighted by Gasteiger charge is -2.34. The van der Waals surface area contributed by atoms with Gasteiger partial charge in [0.1, 0.15) is 11.9 Å². The SMILES string of the molecule is O=C(C1CC(N(CCc2ccccc2)CC2CCCCC2)CN1C(=O)c1ccc(F)cc1)N1CCCNCC1. The van der Waals surface area contributed by atoms with E-state index in [9.17, 15) is 14.0 Å². The van der Waals surface area contributed by atoms with Crippen LogP contribution in [-0.4, -0.2) is 84.4 Å². The van der Waals surface area contributed by atoms with Crippen molar-refractivity contribution in [1.29, 1.82) is 0 Å². The maximum Gasteiger partial charge on any atom is 0.254 e. The second kappa shape index (κ2) is 13.5. The van der Waals surface area contributed by atoms with Gasteiger partial charge >= 0.3 is 0 Å². The minimum Gasteiger partial charge on any atom is -0.340 e. The molecule has 2 unspecified atom stereocenters. The Morgan fingerprint density at radius 2 is 1.69 bits per heavy atom. The number of nitrogens with zero attached hydrogens (tertiary/aromatic N) is 3. The highest BCUT2D eigenvalue weighted by molar-refractivity contribution is 5.98. The molecular weight excluding hydrogens is 491 g/mol. The summed E-state index contributed by atoms with van der Waals surface area (Å²) in [7, 11) is 0. The molecule has 2 heterocycles. The number of carbonyl (C=O) groups is 2. The quantitative estimate of drug-likeness (QED) is 0.547. The second-order valence-corrected chi connectivity index (χ2v) is 11.5. The molecule has 7 heteroatoms. The van der Waals surface area contributed by atoms with Crippen LogP contribution in [0.4, 0.5) is 4.39 Å². The Hall–Kier alpha value is -2.77. The Labute approximate surface area is 232 Å². The van der Waals surface area contributed by atoms with Crippen molar-refractivity contribution in [3.63, 3.8) is 0 Å². The van der Waals surface area contributed by atoms with Crippen molar-refractivity contribution in [3.8, 4) is 0 Å². The third kappa shape index (κ3) is 7.25. The minimum atomic E-state index is -0.490. The van der Waals surface area contributed by atoms with Gasteiger partial charge in [0.25, 0.3) is 5.91 Å². The predicted molar refractivity (Wildman–Crippen MR) is 152 cm³/mol. The van der Waals surface area contributed by atoms with Gasteiger partial charge in [0.2, 0.25) is 5.91 Å². The van der Waals surface area contributed by atoms with Gasteiger partial charge < -0.3 is 15.1 Å². The first-order valence-electron chi connectivity index (χ1n) is 14.9. The minimum absolute atomic E-state index is 0.0531. The molecule has 6 nitrogen and oxygen atoms in total. The highest BCUT2D eigenvalue weighted by atomic mass is 19.1. The van der Waals surface area contributed by atoms with Crippen LogP contribution >= 0.6 is 0 Å². The molecule has 1 saturated carbocycles. The first-order valence-corrected chi connectivity index (χ1v) is 14.9. The van der Waals surface area contributed by atoms with Crippen molar-refractivity contribution in [2.24, 2.45) is 5.92 Å². The molecule has 0 spiro atoms. The molecule has 3 fully saturated rings. The van der Waals surface area contributed by atoms with Gasteiger partial charge in [-0.3, -0.25) is 14.5 Å². The van der Waals surface area contributed by atoms with Crippen LogP contribution in [0.3, 0.4) is 0 Å². The molecule has 0 radical (unpaired) electrons. The van der Waals surface area contributed by atoms with E-state index in [2.05, 4.69) is 34.5 Å². The van der Waals surface area contributed by atoms with Gasteiger partial charge in [-0.25, -0.2) is 4.39 Å². The van der Waals surface area contributed by atoms with Crippen LogP contribution in [0.5, 0.6) is 0 Å². The van der Waals surface area contributed by atoms with E-state index in [1.165, 1.54) is 61.9 Å². The van der Waals surface area contributed by atoms with Crippen LogP contribution < -0.4 is 5.32 Å². The maximum absolute atomic E-state index is 13.9. The molecule has 0 bridgehead atoms. The number of benzene rings is 2. The number of nitrogens with one attached hydrogen (secondary N) is 1. The van der Waals surface area contributed by atoms with Crippen molar-refractivity contribution in [2.75, 3.05) is 45.8 Å². The molecule has 210 valence electrons. The van der Waals surface area contributed by atoms with Crippen LogP contribution in [0.2, 0.25) is 0 Å². The van der Waals surface area contributed by atoms with Gasteiger partial charge in [0.05, 0.1) is 0 Å². The molecule has 2 saturated heterocycles. The lowest BCUT2D eigenvalue weighted by atomic mass is 9.88. The summed E-state index contributed by atoms with van der Waals surface area (Å²) in [6.07, 6.45) is 8.95. The number of rotatable bonds is 8. The van der Waals surface area contributed by atoms with E-state index < -0.39 is 6.04 Å². The van der Waals surface area contributed by atoms with E-state index in [0.29, 0.717) is 37.5 Å². The van der Waals surface area contributed by atoms with Gasteiger partial charge in [-0.05, 0) is 74.4 Å². The van der Waals surface area contributed by atoms with Gasteiger partial charge in [0, 0.05) is 50.9 Å². The number of hydrogen-bond donors (Lipinski definition) is 1. The second-order valence-electron chi connectivity index (χ2n) is 11.5. The fraction of sp³-hybridized carbons (Fsp3) is 0.562. The van der Waals surface area contributed by atoms with E-state index in [-0.39, 0.29) is 23.7 Å². The topological polar surface area (TPSA) is 55.9 Å². The third-order valence-corrected chi connectivity index (χ3v) is 8.83. The smallest absolute Gasteiger partial charge is 0.254 e. The van der Waals surface area contributed by atoms with Gasteiger partial charge in [0.15, 0.2) is 0 Å². The number of amides is 2. The predicted octanol–water partition coefficient (Wildman–Crippen LogP) is 4.36. The zero-order valence-electron chi connectivity index (χ0n) is 23.1. The normalized spacial score (nSPS) is 22.7. The van der Waals surface area contributed by atoms with Crippen molar-refractivity contribution >= 4 is 11.8 Å². The molecule has 2 atom stereocenters. The molecule has 1 aliphatic carbocycles. The third-order valence-electron chi connectivity index (χ3n) is 8.83. The molecule has 1 N–H and O–H groups in total. The summed E-state index contributed by atoms with van der Waals surface area (Å²) < 4.78 is 13.6. The number of carbonyl (C=O) groups excluding carboxylic acids is 2. The molecule has 2 aliphatic heterocycles. The van der Waals surface area contributed by atoms with E-state index >= 15 is 0 Å². The molecular formula is C32H43FN4O2. The van der Waals surface area contributed by atoms with E-state index in [0.717, 1.165) is 39.0 Å². The van der Waals surface area contributed by atoms with Crippen molar-refractivity contribution < 1.29 is 14.0 Å². The van der Waals surface area contributed by atoms with Crippen LogP contribution in [0.25, 0.3) is 0 Å². The summed E-state index contributed by atoms with van der Waals surface area (Å²) in [6, 6.07) is 15.9. The summed E-state index contributed by atoms with van der Waals surface area (Å²) in [5.41, 5.74) is 1.75. The van der Waals surface area contributed by atoms with Crippen molar-refractivity contribution in [1.82, 2.24) is 20.0 Å². The average molecular weight is 535 g/mol. The van der Waals surface area contributed by atoms with Crippen LogP contribution in [0, 0.1) is 11.7 Å². The summed E-state index contributed by atoms with van der Waals surface area (Å²) in [5.74, 6) is 0.180. The van der Waals surface area contributed by atoms with Gasteiger partial charge in [-0.1, -0.05) is 49.6 Å². The lowest BCUT2D eigenvalue weighted by molar-refractivity contribution is -0.135. The highest BCUT2D eigenvalue weighted by Crippen LogP contribution is 2.30.